The topological polar surface area (TPSA) is 92.3 Å². The van der Waals surface area contributed by atoms with Gasteiger partial charge in [-0.05, 0) is 48.5 Å². The molecule has 3 heterocycles. The molecule has 0 aliphatic carbocycles. The highest BCUT2D eigenvalue weighted by Gasteiger charge is 2.33. The summed E-state index contributed by atoms with van der Waals surface area (Å²) in [5, 5.41) is 3.61. The summed E-state index contributed by atoms with van der Waals surface area (Å²) in [6.07, 6.45) is 3.41. The minimum absolute atomic E-state index is 0.0378. The van der Waals surface area contributed by atoms with Crippen LogP contribution in [0.2, 0.25) is 0 Å². The third kappa shape index (κ3) is 3.67. The number of carbonyl (C=O) groups excluding carboxylic acids is 1. The molecule has 1 aliphatic heterocycles. The first-order valence-electron chi connectivity index (χ1n) is 9.83. The Morgan fingerprint density at radius 3 is 2.69 bits per heavy atom. The molecule has 2 aromatic carbocycles. The van der Waals surface area contributed by atoms with Gasteiger partial charge in [0.05, 0.1) is 28.2 Å². The maximum absolute atomic E-state index is 14.6. The summed E-state index contributed by atoms with van der Waals surface area (Å²) in [7, 11) is -3.36. The fourth-order valence-corrected chi connectivity index (χ4v) is 4.64. The van der Waals surface area contributed by atoms with Crippen LogP contribution in [0.4, 0.5) is 15.8 Å². The monoisotopic (exact) mass is 448 g/mol. The summed E-state index contributed by atoms with van der Waals surface area (Å²) in [4.78, 5) is 21.3. The number of pyridine rings is 2. The lowest BCUT2D eigenvalue weighted by Gasteiger charge is -2.32. The van der Waals surface area contributed by atoms with E-state index in [-0.39, 0.29) is 17.0 Å². The van der Waals surface area contributed by atoms with Gasteiger partial charge in [-0.25, -0.2) is 17.8 Å². The Kier molecular flexibility index (Phi) is 4.82. The minimum Gasteiger partial charge on any atom is -0.322 e. The number of sulfonamides is 1. The first-order chi connectivity index (χ1) is 15.4. The van der Waals surface area contributed by atoms with E-state index in [2.05, 4.69) is 15.3 Å². The number of halogens is 1. The van der Waals surface area contributed by atoms with Gasteiger partial charge in [-0.15, -0.1) is 0 Å². The second-order valence-corrected chi connectivity index (χ2v) is 9.36. The summed E-state index contributed by atoms with van der Waals surface area (Å²) < 4.78 is 39.1. The molecule has 0 radical (unpaired) electrons. The molecule has 0 unspecified atom stereocenters. The Morgan fingerprint density at radius 2 is 1.94 bits per heavy atom. The molecule has 1 fully saturated rings. The Morgan fingerprint density at radius 1 is 1.06 bits per heavy atom. The predicted molar refractivity (Wildman–Crippen MR) is 120 cm³/mol. The largest absolute Gasteiger partial charge is 0.322 e. The highest BCUT2D eigenvalue weighted by molar-refractivity contribution is 7.94. The van der Waals surface area contributed by atoms with Crippen LogP contribution in [-0.4, -0.2) is 36.6 Å². The normalized spacial score (nSPS) is 14.7. The fourth-order valence-electron chi connectivity index (χ4n) is 3.55. The lowest BCUT2D eigenvalue weighted by molar-refractivity contribution is 0.102. The number of nitrogens with zero attached hydrogens (tertiary/aromatic N) is 3. The van der Waals surface area contributed by atoms with Gasteiger partial charge in [0.2, 0.25) is 10.0 Å². The van der Waals surface area contributed by atoms with Crippen molar-refractivity contribution >= 4 is 38.2 Å². The van der Waals surface area contributed by atoms with Gasteiger partial charge >= 0.3 is 0 Å². The Hall–Kier alpha value is -3.85. The maximum Gasteiger partial charge on any atom is 0.258 e. The van der Waals surface area contributed by atoms with Crippen LogP contribution >= 0.6 is 0 Å². The van der Waals surface area contributed by atoms with E-state index >= 15 is 0 Å². The van der Waals surface area contributed by atoms with Crippen LogP contribution in [0.5, 0.6) is 0 Å². The molecule has 1 aliphatic rings. The molecule has 160 valence electrons. The van der Waals surface area contributed by atoms with Gasteiger partial charge in [-0.3, -0.25) is 14.1 Å². The number of hydrogen-bond acceptors (Lipinski definition) is 5. The third-order valence-corrected chi connectivity index (χ3v) is 7.04. The number of anilines is 2. The average Bonchev–Trinajstić information content (AvgIpc) is 2.78. The molecule has 32 heavy (non-hydrogen) atoms. The number of hydrogen-bond donors (Lipinski definition) is 1. The summed E-state index contributed by atoms with van der Waals surface area (Å²) in [6.45, 7) is 0.305. The van der Waals surface area contributed by atoms with Crippen LogP contribution < -0.4 is 9.62 Å². The van der Waals surface area contributed by atoms with Gasteiger partial charge in [0, 0.05) is 35.6 Å². The number of aromatic nitrogens is 2. The number of carbonyl (C=O) groups is 1. The lowest BCUT2D eigenvalue weighted by atomic mass is 10.1. The zero-order valence-corrected chi connectivity index (χ0v) is 17.5. The zero-order chi connectivity index (χ0) is 22.3. The highest BCUT2D eigenvalue weighted by Crippen LogP contribution is 2.27. The van der Waals surface area contributed by atoms with Crippen molar-refractivity contribution in [2.45, 2.75) is 0 Å². The van der Waals surface area contributed by atoms with Crippen LogP contribution in [0.25, 0.3) is 22.2 Å². The number of rotatable bonds is 4. The van der Waals surface area contributed by atoms with Crippen molar-refractivity contribution < 1.29 is 17.6 Å². The van der Waals surface area contributed by atoms with Crippen molar-refractivity contribution in [2.75, 3.05) is 21.9 Å². The molecule has 1 amide bonds. The molecule has 0 atom stereocenters. The van der Waals surface area contributed by atoms with Crippen LogP contribution in [-0.2, 0) is 10.0 Å². The van der Waals surface area contributed by atoms with E-state index in [1.807, 2.05) is 24.3 Å². The van der Waals surface area contributed by atoms with Crippen molar-refractivity contribution in [3.05, 3.63) is 84.4 Å². The summed E-state index contributed by atoms with van der Waals surface area (Å²) in [6, 6.07) is 16.5. The van der Waals surface area contributed by atoms with Gasteiger partial charge < -0.3 is 5.32 Å². The van der Waals surface area contributed by atoms with Crippen molar-refractivity contribution in [3.63, 3.8) is 0 Å². The van der Waals surface area contributed by atoms with E-state index in [9.17, 15) is 17.6 Å². The Bertz CT molecular complexity index is 1470. The van der Waals surface area contributed by atoms with E-state index in [0.717, 1.165) is 32.5 Å². The molecule has 2 aromatic heterocycles. The zero-order valence-electron chi connectivity index (χ0n) is 16.7. The third-order valence-electron chi connectivity index (χ3n) is 5.28. The molecule has 4 aromatic rings. The lowest BCUT2D eigenvalue weighted by Crippen LogP contribution is -2.47. The van der Waals surface area contributed by atoms with E-state index in [1.54, 1.807) is 30.6 Å². The van der Waals surface area contributed by atoms with Crippen molar-refractivity contribution in [1.82, 2.24) is 9.97 Å². The van der Waals surface area contributed by atoms with Gasteiger partial charge in [-0.1, -0.05) is 12.1 Å². The standard InChI is InChI=1S/C23H17FN4O3S/c24-20-13-18(28-10-11-32(28,30)31)5-6-19(20)23(29)26-17-3-1-2-15(12-17)21-7-4-16-14-25-9-8-22(16)27-21/h1-9,12-14H,10-11H2,(H,26,29). The molecule has 0 spiro atoms. The summed E-state index contributed by atoms with van der Waals surface area (Å²) >= 11 is 0. The highest BCUT2D eigenvalue weighted by atomic mass is 32.2. The number of nitrogens with one attached hydrogen (secondary N) is 1. The minimum atomic E-state index is -3.36. The molecular weight excluding hydrogens is 431 g/mol. The molecular formula is C23H17FN4O3S. The fraction of sp³-hybridized carbons (Fsp3) is 0.0870. The summed E-state index contributed by atoms with van der Waals surface area (Å²) in [5.41, 5.74) is 2.85. The van der Waals surface area contributed by atoms with Gasteiger partial charge in [-0.2, -0.15) is 0 Å². The van der Waals surface area contributed by atoms with Gasteiger partial charge in [0.15, 0.2) is 0 Å². The Balaban J connectivity index is 1.38. The van der Waals surface area contributed by atoms with E-state index < -0.39 is 21.7 Å². The SMILES string of the molecule is O=C(Nc1cccc(-c2ccc3cnccc3n2)c1)c1ccc(N2CCS2(=O)=O)cc1F. The van der Waals surface area contributed by atoms with E-state index in [4.69, 9.17) is 0 Å². The number of amides is 1. The van der Waals surface area contributed by atoms with E-state index in [1.165, 1.54) is 12.1 Å². The first kappa shape index (κ1) is 20.1. The van der Waals surface area contributed by atoms with Crippen LogP contribution in [0.15, 0.2) is 73.1 Å². The average molecular weight is 448 g/mol. The molecule has 5 rings (SSSR count). The molecule has 0 bridgehead atoms. The molecule has 9 heteroatoms. The second-order valence-electron chi connectivity index (χ2n) is 7.35. The van der Waals surface area contributed by atoms with Crippen LogP contribution in [0, 0.1) is 5.82 Å². The molecule has 0 saturated carbocycles. The van der Waals surface area contributed by atoms with Crippen molar-refractivity contribution in [1.29, 1.82) is 0 Å². The van der Waals surface area contributed by atoms with Crippen molar-refractivity contribution in [3.8, 4) is 11.3 Å². The summed E-state index contributed by atoms with van der Waals surface area (Å²) in [5.74, 6) is -1.38. The van der Waals surface area contributed by atoms with E-state index in [0.29, 0.717) is 12.2 Å². The second kappa shape index (κ2) is 7.69. The Labute approximate surface area is 183 Å². The molecule has 1 N–H and O–H groups in total. The number of benzene rings is 2. The molecule has 7 nitrogen and oxygen atoms in total. The first-order valence-corrected chi connectivity index (χ1v) is 11.4. The predicted octanol–water partition coefficient (Wildman–Crippen LogP) is 3.84. The maximum atomic E-state index is 14.6. The quantitative estimate of drug-likeness (QED) is 0.512. The van der Waals surface area contributed by atoms with Crippen molar-refractivity contribution in [2.24, 2.45) is 0 Å². The van der Waals surface area contributed by atoms with Gasteiger partial charge in [0.25, 0.3) is 5.91 Å². The number of fused-ring (bicyclic) bond motifs is 1. The molecule has 1 saturated heterocycles. The smallest absolute Gasteiger partial charge is 0.258 e. The van der Waals surface area contributed by atoms with Crippen LogP contribution in [0.3, 0.4) is 0 Å². The van der Waals surface area contributed by atoms with Gasteiger partial charge in [0.1, 0.15) is 5.82 Å². The van der Waals surface area contributed by atoms with Crippen LogP contribution in [0.1, 0.15) is 10.4 Å².